The van der Waals surface area contributed by atoms with E-state index in [9.17, 15) is 0 Å². The van der Waals surface area contributed by atoms with E-state index < -0.39 is 0 Å². The first kappa shape index (κ1) is 12.9. The Morgan fingerprint density at radius 3 is 2.79 bits per heavy atom. The number of nitrogens with one attached hydrogen (secondary N) is 2. The molecule has 0 aliphatic heterocycles. The second-order valence-electron chi connectivity index (χ2n) is 6.02. The van der Waals surface area contributed by atoms with E-state index in [0.29, 0.717) is 36.5 Å². The molecule has 1 aromatic heterocycles. The van der Waals surface area contributed by atoms with Gasteiger partial charge < -0.3 is 15.1 Å². The lowest BCUT2D eigenvalue weighted by atomic mass is 9.97. The van der Waals surface area contributed by atoms with E-state index in [1.54, 1.807) is 0 Å². The lowest BCUT2D eigenvalue weighted by Crippen LogP contribution is -2.26. The molecule has 0 saturated heterocycles. The third-order valence-corrected chi connectivity index (χ3v) is 4.26. The summed E-state index contributed by atoms with van der Waals surface area (Å²) in [5.74, 6) is 1.37. The summed E-state index contributed by atoms with van der Waals surface area (Å²) in [6.07, 6.45) is 9.05. The molecule has 0 amide bonds. The Labute approximate surface area is 114 Å². The van der Waals surface area contributed by atoms with Crippen LogP contribution < -0.4 is 10.6 Å². The van der Waals surface area contributed by atoms with Gasteiger partial charge in [-0.3, -0.25) is 0 Å². The molecule has 0 bridgehead atoms. The summed E-state index contributed by atoms with van der Waals surface area (Å²) in [7, 11) is 0. The molecule has 1 heterocycles. The van der Waals surface area contributed by atoms with Gasteiger partial charge in [-0.15, -0.1) is 5.10 Å². The highest BCUT2D eigenvalue weighted by Crippen LogP contribution is 2.25. The summed E-state index contributed by atoms with van der Waals surface area (Å²) in [6.45, 7) is 3.01. The number of hydrogen-bond acceptors (Lipinski definition) is 5. The van der Waals surface area contributed by atoms with Crippen LogP contribution in [0.2, 0.25) is 0 Å². The van der Waals surface area contributed by atoms with Gasteiger partial charge in [-0.2, -0.15) is 0 Å². The molecule has 2 aliphatic rings. The summed E-state index contributed by atoms with van der Waals surface area (Å²) in [5, 5.41) is 15.0. The molecule has 0 radical (unpaired) electrons. The van der Waals surface area contributed by atoms with Crippen LogP contribution in [-0.4, -0.2) is 22.3 Å². The molecule has 3 rings (SSSR count). The third kappa shape index (κ3) is 3.69. The second-order valence-corrected chi connectivity index (χ2v) is 6.02. The quantitative estimate of drug-likeness (QED) is 0.801. The number of nitrogens with zero attached hydrogens (tertiary/aromatic N) is 2. The van der Waals surface area contributed by atoms with Crippen molar-refractivity contribution in [3.63, 3.8) is 0 Å². The number of rotatable bonds is 5. The monoisotopic (exact) mass is 264 g/mol. The Morgan fingerprint density at radius 2 is 1.95 bits per heavy atom. The molecule has 1 aromatic rings. The summed E-state index contributed by atoms with van der Waals surface area (Å²) in [6, 6.07) is 1.74. The molecular weight excluding hydrogens is 240 g/mol. The molecule has 106 valence electrons. The molecule has 19 heavy (non-hydrogen) atoms. The maximum atomic E-state index is 5.66. The summed E-state index contributed by atoms with van der Waals surface area (Å²) in [5.41, 5.74) is 0. The van der Waals surface area contributed by atoms with Crippen LogP contribution in [0.5, 0.6) is 0 Å². The highest BCUT2D eigenvalue weighted by molar-refractivity contribution is 5.20. The molecule has 2 aliphatic carbocycles. The van der Waals surface area contributed by atoms with Crippen molar-refractivity contribution in [1.29, 1.82) is 0 Å². The fourth-order valence-corrected chi connectivity index (χ4v) is 2.77. The van der Waals surface area contributed by atoms with Crippen LogP contribution in [-0.2, 0) is 6.54 Å². The average Bonchev–Trinajstić information content (AvgIpc) is 3.16. The number of anilines is 1. The van der Waals surface area contributed by atoms with Crippen LogP contribution in [0.4, 0.5) is 6.01 Å². The molecule has 5 nitrogen and oxygen atoms in total. The van der Waals surface area contributed by atoms with Gasteiger partial charge in [0.05, 0.1) is 6.54 Å². The van der Waals surface area contributed by atoms with E-state index in [4.69, 9.17) is 4.42 Å². The van der Waals surface area contributed by atoms with Gasteiger partial charge in [0.25, 0.3) is 0 Å². The van der Waals surface area contributed by atoms with Gasteiger partial charge >= 0.3 is 6.01 Å². The highest BCUT2D eigenvalue weighted by Gasteiger charge is 2.23. The first-order chi connectivity index (χ1) is 9.31. The Bertz CT molecular complexity index is 402. The predicted octanol–water partition coefficient (Wildman–Crippen LogP) is 2.70. The van der Waals surface area contributed by atoms with Gasteiger partial charge in [0.1, 0.15) is 0 Å². The molecule has 5 heteroatoms. The minimum absolute atomic E-state index is 0.479. The minimum atomic E-state index is 0.479. The van der Waals surface area contributed by atoms with Crippen molar-refractivity contribution in [3.05, 3.63) is 5.89 Å². The topological polar surface area (TPSA) is 63.0 Å². The Kier molecular flexibility index (Phi) is 4.01. The van der Waals surface area contributed by atoms with Crippen molar-refractivity contribution in [2.75, 3.05) is 5.32 Å². The Morgan fingerprint density at radius 1 is 1.11 bits per heavy atom. The lowest BCUT2D eigenvalue weighted by Gasteiger charge is -2.21. The minimum Gasteiger partial charge on any atom is -0.407 e. The molecule has 2 unspecified atom stereocenters. The molecule has 2 fully saturated rings. The lowest BCUT2D eigenvalue weighted by molar-refractivity contribution is 0.428. The fraction of sp³-hybridized carbons (Fsp3) is 0.857. The maximum absolute atomic E-state index is 5.66. The van der Waals surface area contributed by atoms with Crippen molar-refractivity contribution in [2.24, 2.45) is 5.92 Å². The van der Waals surface area contributed by atoms with Crippen molar-refractivity contribution in [1.82, 2.24) is 15.5 Å². The van der Waals surface area contributed by atoms with Gasteiger partial charge in [0.2, 0.25) is 5.89 Å². The van der Waals surface area contributed by atoms with E-state index in [1.165, 1.54) is 44.9 Å². The molecule has 2 atom stereocenters. The van der Waals surface area contributed by atoms with Crippen LogP contribution in [0, 0.1) is 5.92 Å². The normalized spacial score (nSPS) is 28.1. The summed E-state index contributed by atoms with van der Waals surface area (Å²) >= 11 is 0. The Balaban J connectivity index is 1.52. The SMILES string of the molecule is CC1CCCCCC1Nc1nnc(CNC2CC2)o1. The van der Waals surface area contributed by atoms with Crippen LogP contribution in [0.15, 0.2) is 4.42 Å². The second kappa shape index (κ2) is 5.90. The Hall–Kier alpha value is -1.10. The van der Waals surface area contributed by atoms with Crippen LogP contribution in [0.25, 0.3) is 0 Å². The summed E-state index contributed by atoms with van der Waals surface area (Å²) in [4.78, 5) is 0. The third-order valence-electron chi connectivity index (χ3n) is 4.26. The van der Waals surface area contributed by atoms with Gasteiger partial charge in [0, 0.05) is 12.1 Å². The van der Waals surface area contributed by atoms with Crippen molar-refractivity contribution >= 4 is 6.01 Å². The highest BCUT2D eigenvalue weighted by atomic mass is 16.4. The molecule has 2 saturated carbocycles. The zero-order valence-corrected chi connectivity index (χ0v) is 11.7. The molecule has 0 aromatic carbocycles. The van der Waals surface area contributed by atoms with E-state index in [-0.39, 0.29) is 0 Å². The van der Waals surface area contributed by atoms with Gasteiger partial charge in [-0.1, -0.05) is 31.3 Å². The predicted molar refractivity (Wildman–Crippen MR) is 73.8 cm³/mol. The largest absolute Gasteiger partial charge is 0.407 e. The fourth-order valence-electron chi connectivity index (χ4n) is 2.77. The van der Waals surface area contributed by atoms with Gasteiger partial charge in [-0.25, -0.2) is 0 Å². The van der Waals surface area contributed by atoms with E-state index in [1.807, 2.05) is 0 Å². The van der Waals surface area contributed by atoms with Gasteiger partial charge in [-0.05, 0) is 31.6 Å². The zero-order valence-electron chi connectivity index (χ0n) is 11.7. The average molecular weight is 264 g/mol. The summed E-state index contributed by atoms with van der Waals surface area (Å²) < 4.78 is 5.66. The first-order valence-electron chi connectivity index (χ1n) is 7.63. The molecule has 2 N–H and O–H groups in total. The van der Waals surface area contributed by atoms with E-state index in [0.717, 1.165) is 0 Å². The van der Waals surface area contributed by atoms with Crippen LogP contribution in [0.1, 0.15) is 57.8 Å². The smallest absolute Gasteiger partial charge is 0.315 e. The molecular formula is C14H24N4O. The van der Waals surface area contributed by atoms with Crippen molar-refractivity contribution < 1.29 is 4.42 Å². The number of aromatic nitrogens is 2. The van der Waals surface area contributed by atoms with Crippen LogP contribution >= 0.6 is 0 Å². The van der Waals surface area contributed by atoms with Crippen molar-refractivity contribution in [2.45, 2.75) is 70.5 Å². The maximum Gasteiger partial charge on any atom is 0.315 e. The first-order valence-corrected chi connectivity index (χ1v) is 7.63. The molecule has 0 spiro atoms. The zero-order chi connectivity index (χ0) is 13.1. The standard InChI is InChI=1S/C14H24N4O/c1-10-5-3-2-4-6-12(10)16-14-18-17-13(19-14)9-15-11-7-8-11/h10-12,15H,2-9H2,1H3,(H,16,18). The number of hydrogen-bond donors (Lipinski definition) is 2. The van der Waals surface area contributed by atoms with E-state index >= 15 is 0 Å². The van der Waals surface area contributed by atoms with E-state index in [2.05, 4.69) is 27.8 Å². The van der Waals surface area contributed by atoms with Crippen LogP contribution in [0.3, 0.4) is 0 Å². The van der Waals surface area contributed by atoms with Crippen molar-refractivity contribution in [3.8, 4) is 0 Å². The van der Waals surface area contributed by atoms with Gasteiger partial charge in [0.15, 0.2) is 0 Å².